The lowest BCUT2D eigenvalue weighted by molar-refractivity contribution is -0.136. The van der Waals surface area contributed by atoms with Crippen LogP contribution in [0.2, 0.25) is 0 Å². The fourth-order valence-corrected chi connectivity index (χ4v) is 7.30. The van der Waals surface area contributed by atoms with E-state index >= 15 is 0 Å². The van der Waals surface area contributed by atoms with Crippen LogP contribution in [0.5, 0.6) is 17.2 Å². The molecule has 2 aliphatic heterocycles. The zero-order valence-electron chi connectivity index (χ0n) is 29.1. The lowest BCUT2D eigenvalue weighted by atomic mass is 9.92. The molecule has 0 radical (unpaired) electrons. The van der Waals surface area contributed by atoms with Gasteiger partial charge in [0.1, 0.15) is 25.0 Å². The highest BCUT2D eigenvalue weighted by Gasteiger charge is 2.46. The number of carbonyl (C=O) groups is 2. The zero-order chi connectivity index (χ0) is 37.1. The van der Waals surface area contributed by atoms with E-state index in [9.17, 15) is 22.8 Å². The summed E-state index contributed by atoms with van der Waals surface area (Å²) in [7, 11) is 0. The Balaban J connectivity index is 1.03. The Morgan fingerprint density at radius 2 is 1.70 bits per heavy atom. The molecule has 1 saturated heterocycles. The normalized spacial score (nSPS) is 17.0. The number of aromatic nitrogens is 1. The molecule has 2 aliphatic rings. The van der Waals surface area contributed by atoms with Crippen molar-refractivity contribution in [3.63, 3.8) is 0 Å². The summed E-state index contributed by atoms with van der Waals surface area (Å²) >= 11 is 0. The van der Waals surface area contributed by atoms with Crippen LogP contribution >= 0.6 is 0 Å². The number of nitrogens with zero attached hydrogens (tertiary/aromatic N) is 2. The van der Waals surface area contributed by atoms with Crippen molar-refractivity contribution in [3.05, 3.63) is 119 Å². The number of nitrogens with one attached hydrogen (secondary N) is 1. The number of hydrogen-bond donors (Lipinski definition) is 1. The monoisotopic (exact) mass is 721 g/mol. The number of fused-ring (bicyclic) bond motifs is 2. The Bertz CT molecular complexity index is 2170. The quantitative estimate of drug-likeness (QED) is 0.0633. The van der Waals surface area contributed by atoms with Crippen LogP contribution < -0.4 is 14.2 Å². The number of halogens is 3. The first kappa shape index (κ1) is 35.7. The maximum absolute atomic E-state index is 14.0. The molecule has 4 aromatic carbocycles. The summed E-state index contributed by atoms with van der Waals surface area (Å²) in [5.41, 5.74) is 2.75. The zero-order valence-corrected chi connectivity index (χ0v) is 29.1. The molecular weight excluding hydrogens is 683 g/mol. The highest BCUT2D eigenvalue weighted by molar-refractivity contribution is 6.10. The number of hydrogen-bond acceptors (Lipinski definition) is 7. The Kier molecular flexibility index (Phi) is 10.2. The van der Waals surface area contributed by atoms with Crippen molar-refractivity contribution in [2.45, 2.75) is 51.2 Å². The second kappa shape index (κ2) is 15.1. The summed E-state index contributed by atoms with van der Waals surface area (Å²) in [6.45, 7) is 3.12. The number of ketones is 1. The fraction of sp³-hybridized carbons (Fsp3) is 0.286. The van der Waals surface area contributed by atoms with Gasteiger partial charge in [-0.25, -0.2) is 0 Å². The van der Waals surface area contributed by atoms with Crippen LogP contribution in [0.4, 0.5) is 13.2 Å². The van der Waals surface area contributed by atoms with Gasteiger partial charge in [0.25, 0.3) is 0 Å². The molecule has 272 valence electrons. The van der Waals surface area contributed by atoms with Crippen molar-refractivity contribution >= 4 is 28.5 Å². The van der Waals surface area contributed by atoms with Crippen LogP contribution in [-0.2, 0) is 22.2 Å². The third-order valence-electron chi connectivity index (χ3n) is 9.76. The number of alkyl halides is 3. The third-order valence-corrected chi connectivity index (χ3v) is 9.76. The largest absolute Gasteiger partial charge is 0.486 e. The Morgan fingerprint density at radius 1 is 0.925 bits per heavy atom. The van der Waals surface area contributed by atoms with Gasteiger partial charge in [-0.05, 0) is 84.3 Å². The molecule has 0 spiro atoms. The highest BCUT2D eigenvalue weighted by atomic mass is 19.4. The van der Waals surface area contributed by atoms with Gasteiger partial charge in [-0.2, -0.15) is 13.2 Å². The van der Waals surface area contributed by atoms with Crippen LogP contribution in [0.1, 0.15) is 60.9 Å². The van der Waals surface area contributed by atoms with Gasteiger partial charge < -0.3 is 19.1 Å². The van der Waals surface area contributed by atoms with Crippen molar-refractivity contribution in [1.29, 1.82) is 5.41 Å². The SMILES string of the molecule is CCN1C(=O)C(CCCCC(=N)Oc2cccc(-c3c(Cc4ccccc4)cnc4c(C(F)(F)F)cccc34)c2)C(=O)C1c1ccc2c(c1)OCCO2. The lowest BCUT2D eigenvalue weighted by Crippen LogP contribution is -2.29. The molecule has 2 atom stereocenters. The summed E-state index contributed by atoms with van der Waals surface area (Å²) in [5, 5.41) is 8.92. The number of likely N-dealkylation sites (tertiary alicyclic amines) is 1. The molecule has 8 nitrogen and oxygen atoms in total. The van der Waals surface area contributed by atoms with E-state index in [1.807, 2.05) is 49.4 Å². The van der Waals surface area contributed by atoms with Gasteiger partial charge in [-0.1, -0.05) is 67.1 Å². The van der Waals surface area contributed by atoms with Gasteiger partial charge in [0.2, 0.25) is 5.91 Å². The number of rotatable bonds is 11. The minimum atomic E-state index is -4.58. The van der Waals surface area contributed by atoms with Crippen LogP contribution in [-0.4, -0.2) is 47.2 Å². The van der Waals surface area contributed by atoms with Crippen molar-refractivity contribution < 1.29 is 37.0 Å². The molecule has 11 heteroatoms. The van der Waals surface area contributed by atoms with Crippen LogP contribution in [0.25, 0.3) is 22.0 Å². The van der Waals surface area contributed by atoms with E-state index in [1.54, 1.807) is 41.3 Å². The van der Waals surface area contributed by atoms with Gasteiger partial charge in [0.05, 0.1) is 17.0 Å². The minimum absolute atomic E-state index is 0.000910. The summed E-state index contributed by atoms with van der Waals surface area (Å²) in [5.74, 6) is 0.447. The molecule has 0 saturated carbocycles. The Morgan fingerprint density at radius 3 is 2.47 bits per heavy atom. The molecule has 7 rings (SSSR count). The third kappa shape index (κ3) is 7.46. The van der Waals surface area contributed by atoms with E-state index in [0.29, 0.717) is 84.8 Å². The lowest BCUT2D eigenvalue weighted by Gasteiger charge is -2.24. The van der Waals surface area contributed by atoms with Crippen molar-refractivity contribution in [1.82, 2.24) is 9.88 Å². The topological polar surface area (TPSA) is 102 Å². The molecule has 1 amide bonds. The average Bonchev–Trinajstić information content (AvgIpc) is 3.40. The molecule has 1 N–H and O–H groups in total. The van der Waals surface area contributed by atoms with Crippen molar-refractivity contribution in [2.24, 2.45) is 5.92 Å². The second-order valence-corrected chi connectivity index (χ2v) is 13.2. The Hall–Kier alpha value is -5.71. The molecule has 1 aromatic heterocycles. The van der Waals surface area contributed by atoms with E-state index in [0.717, 1.165) is 17.2 Å². The standard InChI is InChI=1S/C42H38F3N3O5/c1-2-48-39(28-18-19-34-35(24-28)52-21-20-51-34)40(49)32(41(48)50)14-6-7-17-36(46)53-30-13-8-12-27(23-30)37-29(22-26-10-4-3-5-11-26)25-47-38-31(37)15-9-16-33(38)42(43,44)45/h3-5,8-13,15-16,18-19,23-25,32,39,46H,2,6-7,14,17,20-22H2,1H3. The molecule has 0 aliphatic carbocycles. The number of amides is 1. The van der Waals surface area contributed by atoms with Crippen molar-refractivity contribution in [2.75, 3.05) is 19.8 Å². The average molecular weight is 722 g/mol. The number of likely N-dealkylation sites (N-methyl/N-ethyl adjacent to an activating group) is 1. The summed E-state index contributed by atoms with van der Waals surface area (Å²) in [6, 6.07) is 25.4. The van der Waals surface area contributed by atoms with E-state index in [-0.39, 0.29) is 29.5 Å². The number of pyridine rings is 1. The number of Topliss-reactive ketones (excluding diaryl/α,β-unsaturated/α-hetero) is 1. The predicted octanol–water partition coefficient (Wildman–Crippen LogP) is 8.99. The van der Waals surface area contributed by atoms with Crippen LogP contribution in [0.3, 0.4) is 0 Å². The van der Waals surface area contributed by atoms with E-state index in [1.165, 1.54) is 12.3 Å². The molecule has 2 unspecified atom stereocenters. The summed E-state index contributed by atoms with van der Waals surface area (Å²) in [4.78, 5) is 32.8. The first-order chi connectivity index (χ1) is 25.6. The van der Waals surface area contributed by atoms with Gasteiger partial charge >= 0.3 is 6.18 Å². The first-order valence-electron chi connectivity index (χ1n) is 17.7. The maximum atomic E-state index is 14.0. The highest BCUT2D eigenvalue weighted by Crippen LogP contribution is 2.41. The smallest absolute Gasteiger partial charge is 0.418 e. The van der Waals surface area contributed by atoms with E-state index < -0.39 is 23.7 Å². The summed E-state index contributed by atoms with van der Waals surface area (Å²) < 4.78 is 59.2. The molecular formula is C42H38F3N3O5. The molecule has 0 bridgehead atoms. The van der Waals surface area contributed by atoms with Gasteiger partial charge in [0, 0.05) is 24.5 Å². The minimum Gasteiger partial charge on any atom is -0.486 e. The molecule has 53 heavy (non-hydrogen) atoms. The van der Waals surface area contributed by atoms with E-state index in [2.05, 4.69) is 4.98 Å². The van der Waals surface area contributed by atoms with Crippen molar-refractivity contribution in [3.8, 4) is 28.4 Å². The van der Waals surface area contributed by atoms with Gasteiger partial charge in [-0.15, -0.1) is 0 Å². The predicted molar refractivity (Wildman–Crippen MR) is 194 cm³/mol. The summed E-state index contributed by atoms with van der Waals surface area (Å²) in [6.07, 6.45) is -0.929. The molecule has 5 aromatic rings. The number of para-hydroxylation sites is 1. The number of unbranched alkanes of at least 4 members (excludes halogenated alkanes) is 1. The van der Waals surface area contributed by atoms with Crippen LogP contribution in [0, 0.1) is 11.3 Å². The number of carbonyl (C=O) groups excluding carboxylic acids is 2. The second-order valence-electron chi connectivity index (χ2n) is 13.2. The fourth-order valence-electron chi connectivity index (χ4n) is 7.30. The van der Waals surface area contributed by atoms with Crippen LogP contribution in [0.15, 0.2) is 97.2 Å². The number of ether oxygens (including phenoxy) is 3. The van der Waals surface area contributed by atoms with Gasteiger partial charge in [0.15, 0.2) is 23.2 Å². The number of benzene rings is 4. The first-order valence-corrected chi connectivity index (χ1v) is 17.7. The Labute approximate surface area is 305 Å². The van der Waals surface area contributed by atoms with E-state index in [4.69, 9.17) is 19.6 Å². The molecule has 3 heterocycles. The molecule has 1 fully saturated rings. The van der Waals surface area contributed by atoms with Gasteiger partial charge in [-0.3, -0.25) is 20.0 Å². The maximum Gasteiger partial charge on any atom is 0.418 e.